The summed E-state index contributed by atoms with van der Waals surface area (Å²) in [6.07, 6.45) is -5.57. The lowest BCUT2D eigenvalue weighted by atomic mass is 10.1. The van der Waals surface area contributed by atoms with Gasteiger partial charge in [0.15, 0.2) is 0 Å². The van der Waals surface area contributed by atoms with Crippen molar-refractivity contribution in [2.24, 2.45) is 4.99 Å². The Morgan fingerprint density at radius 3 is 2.65 bits per heavy atom. The van der Waals surface area contributed by atoms with Gasteiger partial charge in [0.1, 0.15) is 5.65 Å². The molecule has 0 atom stereocenters. The minimum Gasteiger partial charge on any atom is -0.322 e. The summed E-state index contributed by atoms with van der Waals surface area (Å²) < 4.78 is 65.8. The van der Waals surface area contributed by atoms with Gasteiger partial charge in [0.25, 0.3) is 6.43 Å². The van der Waals surface area contributed by atoms with Crippen LogP contribution in [0.2, 0.25) is 0 Å². The number of fused-ring (bicyclic) bond motifs is 3. The van der Waals surface area contributed by atoms with Gasteiger partial charge in [-0.3, -0.25) is 4.99 Å². The van der Waals surface area contributed by atoms with Crippen molar-refractivity contribution >= 4 is 17.2 Å². The molecule has 2 aromatic heterocycles. The quantitative estimate of drug-likeness (QED) is 0.740. The van der Waals surface area contributed by atoms with Crippen molar-refractivity contribution < 1.29 is 22.0 Å². The second-order valence-corrected chi connectivity index (χ2v) is 4.38. The van der Waals surface area contributed by atoms with Crippen LogP contribution in [0.15, 0.2) is 17.3 Å². The molecule has 0 amide bonds. The van der Waals surface area contributed by atoms with E-state index in [4.69, 9.17) is 0 Å². The summed E-state index contributed by atoms with van der Waals surface area (Å²) in [4.78, 5) is 7.61. The molecule has 8 heteroatoms. The Balaban J connectivity index is 2.34. The number of alkyl halides is 5. The first-order valence-electron chi connectivity index (χ1n) is 5.77. The lowest BCUT2D eigenvalue weighted by molar-refractivity contribution is -0.137. The van der Waals surface area contributed by atoms with E-state index in [0.29, 0.717) is 19.3 Å². The molecule has 0 radical (unpaired) electrons. The molecular weight excluding hydrogens is 281 g/mol. The normalized spacial score (nSPS) is 15.1. The highest BCUT2D eigenvalue weighted by Gasteiger charge is 2.33. The molecule has 2 aromatic rings. The van der Waals surface area contributed by atoms with Crippen LogP contribution in [-0.4, -0.2) is 22.3 Å². The summed E-state index contributed by atoms with van der Waals surface area (Å²) in [5, 5.41) is -0.168. The molecule has 20 heavy (non-hydrogen) atoms. The van der Waals surface area contributed by atoms with Crippen LogP contribution < -0.4 is 0 Å². The Morgan fingerprint density at radius 1 is 1.25 bits per heavy atom. The second kappa shape index (κ2) is 4.26. The highest BCUT2D eigenvalue weighted by atomic mass is 19.4. The maximum absolute atomic E-state index is 13.2. The largest absolute Gasteiger partial charge is 0.417 e. The number of halogens is 5. The van der Waals surface area contributed by atoms with E-state index in [1.807, 2.05) is 0 Å². The van der Waals surface area contributed by atoms with E-state index in [0.717, 1.165) is 6.07 Å². The van der Waals surface area contributed by atoms with Gasteiger partial charge < -0.3 is 4.57 Å². The van der Waals surface area contributed by atoms with Gasteiger partial charge in [-0.1, -0.05) is 0 Å². The van der Waals surface area contributed by atoms with Gasteiger partial charge in [0, 0.05) is 24.3 Å². The zero-order chi connectivity index (χ0) is 14.5. The van der Waals surface area contributed by atoms with Gasteiger partial charge in [-0.15, -0.1) is 0 Å². The first-order valence-corrected chi connectivity index (χ1v) is 5.77. The van der Waals surface area contributed by atoms with Crippen molar-refractivity contribution in [3.05, 3.63) is 29.1 Å². The van der Waals surface area contributed by atoms with Crippen molar-refractivity contribution in [1.82, 2.24) is 9.55 Å². The molecule has 1 aliphatic heterocycles. The molecule has 0 unspecified atom stereocenters. The Kier molecular flexibility index (Phi) is 2.77. The molecule has 106 valence electrons. The number of aliphatic imine (C=N–C) groups is 1. The molecule has 1 aliphatic rings. The zero-order valence-electron chi connectivity index (χ0n) is 9.96. The van der Waals surface area contributed by atoms with Crippen molar-refractivity contribution in [1.29, 1.82) is 0 Å². The van der Waals surface area contributed by atoms with Gasteiger partial charge in [-0.25, -0.2) is 13.8 Å². The number of aromatic nitrogens is 2. The van der Waals surface area contributed by atoms with Crippen molar-refractivity contribution in [3.63, 3.8) is 0 Å². The molecule has 3 rings (SSSR count). The van der Waals surface area contributed by atoms with E-state index in [9.17, 15) is 22.0 Å². The number of pyridine rings is 1. The van der Waals surface area contributed by atoms with Crippen LogP contribution in [0.1, 0.15) is 23.2 Å². The van der Waals surface area contributed by atoms with Gasteiger partial charge in [0.05, 0.1) is 23.4 Å². The van der Waals surface area contributed by atoms with Gasteiger partial charge in [-0.2, -0.15) is 13.2 Å². The van der Waals surface area contributed by atoms with E-state index >= 15 is 0 Å². The summed E-state index contributed by atoms with van der Waals surface area (Å²) in [6.45, 7) is 0.718. The third-order valence-corrected chi connectivity index (χ3v) is 3.19. The van der Waals surface area contributed by atoms with Gasteiger partial charge >= 0.3 is 6.18 Å². The maximum Gasteiger partial charge on any atom is 0.417 e. The van der Waals surface area contributed by atoms with Crippen LogP contribution in [0.5, 0.6) is 0 Å². The average Bonchev–Trinajstić information content (AvgIpc) is 2.71. The minimum atomic E-state index is -4.61. The third kappa shape index (κ3) is 1.86. The highest BCUT2D eigenvalue weighted by Crippen LogP contribution is 2.37. The Hall–Kier alpha value is -1.99. The van der Waals surface area contributed by atoms with E-state index in [1.165, 1.54) is 10.8 Å². The van der Waals surface area contributed by atoms with E-state index in [-0.39, 0.29) is 16.7 Å². The van der Waals surface area contributed by atoms with Crippen LogP contribution >= 0.6 is 0 Å². The van der Waals surface area contributed by atoms with Crippen molar-refractivity contribution in [2.75, 3.05) is 6.54 Å². The molecule has 0 aromatic carbocycles. The first kappa shape index (κ1) is 13.0. The third-order valence-electron chi connectivity index (χ3n) is 3.19. The van der Waals surface area contributed by atoms with Crippen molar-refractivity contribution in [3.8, 4) is 0 Å². The van der Waals surface area contributed by atoms with Crippen LogP contribution in [0, 0.1) is 0 Å². The molecule has 0 bridgehead atoms. The summed E-state index contributed by atoms with van der Waals surface area (Å²) in [7, 11) is 0. The van der Waals surface area contributed by atoms with Crippen LogP contribution in [0.4, 0.5) is 22.0 Å². The predicted octanol–water partition coefficient (Wildman–Crippen LogP) is 3.43. The SMILES string of the molecule is FC(F)c1c2n(c3ncc(C(F)(F)F)cc13)CCN=C2. The van der Waals surface area contributed by atoms with E-state index in [1.54, 1.807) is 0 Å². The van der Waals surface area contributed by atoms with Crippen LogP contribution in [-0.2, 0) is 12.7 Å². The fourth-order valence-electron chi connectivity index (χ4n) is 2.33. The Morgan fingerprint density at radius 2 is 2.00 bits per heavy atom. The Labute approximate surface area is 109 Å². The minimum absolute atomic E-state index is 0.132. The number of nitrogens with zero attached hydrogens (tertiary/aromatic N) is 3. The smallest absolute Gasteiger partial charge is 0.322 e. The first-order chi connectivity index (χ1) is 9.39. The molecule has 0 fully saturated rings. The summed E-state index contributed by atoms with van der Waals surface area (Å²) in [5.74, 6) is 0. The van der Waals surface area contributed by atoms with E-state index < -0.39 is 23.7 Å². The zero-order valence-corrected chi connectivity index (χ0v) is 9.96. The fourth-order valence-corrected chi connectivity index (χ4v) is 2.33. The van der Waals surface area contributed by atoms with Crippen LogP contribution in [0.25, 0.3) is 11.0 Å². The number of hydrogen-bond acceptors (Lipinski definition) is 2. The maximum atomic E-state index is 13.2. The Bertz CT molecular complexity index is 699. The van der Waals surface area contributed by atoms with Gasteiger partial charge in [0.2, 0.25) is 0 Å². The van der Waals surface area contributed by atoms with Crippen LogP contribution in [0.3, 0.4) is 0 Å². The molecule has 3 nitrogen and oxygen atoms in total. The predicted molar refractivity (Wildman–Crippen MR) is 62.2 cm³/mol. The molecular formula is C12H8F5N3. The monoisotopic (exact) mass is 289 g/mol. The fraction of sp³-hybridized carbons (Fsp3) is 0.333. The van der Waals surface area contributed by atoms with E-state index in [2.05, 4.69) is 9.98 Å². The summed E-state index contributed by atoms with van der Waals surface area (Å²) in [5.41, 5.74) is -1.21. The molecule has 0 N–H and O–H groups in total. The molecule has 0 saturated carbocycles. The average molecular weight is 289 g/mol. The standard InChI is InChI=1S/C12H8F5N3/c13-10(14)9-7-3-6(12(15,16)17)4-19-11(7)20-2-1-18-5-8(9)20/h3-5,10H,1-2H2. The molecule has 0 aliphatic carbocycles. The molecule has 0 saturated heterocycles. The lowest BCUT2D eigenvalue weighted by Crippen LogP contribution is -2.12. The second-order valence-electron chi connectivity index (χ2n) is 4.38. The molecule has 0 spiro atoms. The van der Waals surface area contributed by atoms with Gasteiger partial charge in [-0.05, 0) is 6.07 Å². The lowest BCUT2D eigenvalue weighted by Gasteiger charge is -2.10. The summed E-state index contributed by atoms with van der Waals surface area (Å²) >= 11 is 0. The highest BCUT2D eigenvalue weighted by molar-refractivity contribution is 5.94. The number of rotatable bonds is 1. The summed E-state index contributed by atoms with van der Waals surface area (Å²) in [6, 6.07) is 0.725. The molecule has 3 heterocycles. The van der Waals surface area contributed by atoms with Crippen molar-refractivity contribution in [2.45, 2.75) is 19.1 Å². The topological polar surface area (TPSA) is 30.2 Å². The number of hydrogen-bond donors (Lipinski definition) is 0.